The van der Waals surface area contributed by atoms with Gasteiger partial charge < -0.3 is 4.90 Å². The van der Waals surface area contributed by atoms with Gasteiger partial charge in [-0.05, 0) is 31.5 Å². The Morgan fingerprint density at radius 1 is 1.14 bits per heavy atom. The minimum absolute atomic E-state index is 0.0299. The third-order valence-electron chi connectivity index (χ3n) is 4.48. The number of anilines is 2. The molecule has 0 bridgehead atoms. The average molecular weight is 386 g/mol. The number of H-pyrrole nitrogens is 1. The minimum atomic E-state index is -0.511. The van der Waals surface area contributed by atoms with Crippen molar-refractivity contribution >= 4 is 17.9 Å². The van der Waals surface area contributed by atoms with E-state index in [0.29, 0.717) is 11.3 Å². The highest BCUT2D eigenvalue weighted by atomic mass is 16.1. The number of aromatic amines is 1. The molecule has 0 radical (unpaired) electrons. The highest BCUT2D eigenvalue weighted by Crippen LogP contribution is 2.19. The molecule has 7 nitrogen and oxygen atoms in total. The molecule has 0 unspecified atom stereocenters. The van der Waals surface area contributed by atoms with E-state index >= 15 is 0 Å². The number of aromatic nitrogens is 2. The molecule has 3 rings (SSSR count). The fraction of sp³-hybridized carbons (Fsp3) is 0.182. The average Bonchev–Trinajstić information content (AvgIpc) is 2.76. The second kappa shape index (κ2) is 9.33. The molecule has 0 amide bonds. The molecule has 0 aliphatic rings. The lowest BCUT2D eigenvalue weighted by atomic mass is 10.1. The van der Waals surface area contributed by atoms with Gasteiger partial charge in [0.05, 0.1) is 11.9 Å². The van der Waals surface area contributed by atoms with E-state index in [1.54, 1.807) is 18.3 Å². The van der Waals surface area contributed by atoms with Crippen LogP contribution in [0.5, 0.6) is 0 Å². The highest BCUT2D eigenvalue weighted by Gasteiger charge is 2.12. The Kier molecular flexibility index (Phi) is 6.38. The van der Waals surface area contributed by atoms with Crippen LogP contribution >= 0.6 is 0 Å². The number of nitriles is 1. The van der Waals surface area contributed by atoms with Crippen molar-refractivity contribution in [2.45, 2.75) is 13.8 Å². The van der Waals surface area contributed by atoms with Crippen LogP contribution in [0.3, 0.4) is 0 Å². The van der Waals surface area contributed by atoms with Gasteiger partial charge >= 0.3 is 0 Å². The molecule has 0 saturated heterocycles. The second-order valence-corrected chi connectivity index (χ2v) is 6.25. The Bertz CT molecular complexity index is 1080. The smallest absolute Gasteiger partial charge is 0.270 e. The molecule has 2 aromatic carbocycles. The quantitative estimate of drug-likeness (QED) is 0.478. The number of hydrogen-bond donors (Lipinski definition) is 2. The molecular formula is C22H22N6O. The zero-order valence-corrected chi connectivity index (χ0v) is 16.4. The van der Waals surface area contributed by atoms with E-state index in [-0.39, 0.29) is 11.5 Å². The van der Waals surface area contributed by atoms with Crippen molar-refractivity contribution in [3.8, 4) is 17.3 Å². The van der Waals surface area contributed by atoms with Crippen LogP contribution in [0.15, 0.2) is 64.5 Å². The molecule has 1 heterocycles. The summed E-state index contributed by atoms with van der Waals surface area (Å²) in [5.74, 6) is 0.170. The zero-order valence-electron chi connectivity index (χ0n) is 16.4. The predicted molar refractivity (Wildman–Crippen MR) is 116 cm³/mol. The maximum absolute atomic E-state index is 12.2. The zero-order chi connectivity index (χ0) is 20.6. The van der Waals surface area contributed by atoms with E-state index in [1.165, 1.54) is 0 Å². The van der Waals surface area contributed by atoms with Crippen LogP contribution in [0.1, 0.15) is 25.0 Å². The largest absolute Gasteiger partial charge is 0.372 e. The van der Waals surface area contributed by atoms with Crippen LogP contribution < -0.4 is 15.9 Å². The number of hydrazone groups is 1. The van der Waals surface area contributed by atoms with Gasteiger partial charge in [0.25, 0.3) is 5.56 Å². The van der Waals surface area contributed by atoms with Gasteiger partial charge in [-0.25, -0.2) is 10.4 Å². The Morgan fingerprint density at radius 2 is 1.83 bits per heavy atom. The van der Waals surface area contributed by atoms with Gasteiger partial charge in [0.15, 0.2) is 0 Å². The Hall–Kier alpha value is -3.92. The maximum Gasteiger partial charge on any atom is 0.270 e. The molecule has 0 aliphatic carbocycles. The molecule has 0 aliphatic heterocycles. The van der Waals surface area contributed by atoms with Gasteiger partial charge in [0.1, 0.15) is 11.6 Å². The number of hydrogen-bond acceptors (Lipinski definition) is 6. The molecule has 2 N–H and O–H groups in total. The summed E-state index contributed by atoms with van der Waals surface area (Å²) in [5, 5.41) is 13.5. The van der Waals surface area contributed by atoms with E-state index in [1.807, 2.05) is 48.5 Å². The molecule has 146 valence electrons. The van der Waals surface area contributed by atoms with Crippen molar-refractivity contribution in [1.29, 1.82) is 5.26 Å². The molecule has 1 aromatic heterocycles. The third-order valence-corrected chi connectivity index (χ3v) is 4.48. The SMILES string of the molecule is CCN(CC)c1ccc(C=NNc2nc(-c3ccccc3)c(C#N)c(=O)[nH]2)cc1. The van der Waals surface area contributed by atoms with E-state index in [4.69, 9.17) is 0 Å². The number of nitrogens with one attached hydrogen (secondary N) is 2. The minimum Gasteiger partial charge on any atom is -0.372 e. The van der Waals surface area contributed by atoms with Crippen molar-refractivity contribution in [3.63, 3.8) is 0 Å². The highest BCUT2D eigenvalue weighted by molar-refractivity contribution is 5.80. The van der Waals surface area contributed by atoms with Crippen LogP contribution in [0.25, 0.3) is 11.3 Å². The van der Waals surface area contributed by atoms with Gasteiger partial charge in [-0.3, -0.25) is 9.78 Å². The standard InChI is InChI=1S/C22H22N6O/c1-3-28(4-2)18-12-10-16(11-13-18)15-24-27-22-25-20(17-8-6-5-7-9-17)19(14-23)21(29)26-22/h5-13,15H,3-4H2,1-2H3,(H2,25,26,27,29). The van der Waals surface area contributed by atoms with Crippen molar-refractivity contribution in [3.05, 3.63) is 76.1 Å². The fourth-order valence-electron chi connectivity index (χ4n) is 2.96. The summed E-state index contributed by atoms with van der Waals surface area (Å²) < 4.78 is 0. The van der Waals surface area contributed by atoms with Gasteiger partial charge in [-0.1, -0.05) is 42.5 Å². The molecule has 3 aromatic rings. The van der Waals surface area contributed by atoms with E-state index < -0.39 is 5.56 Å². The van der Waals surface area contributed by atoms with Gasteiger partial charge in [-0.15, -0.1) is 0 Å². The normalized spacial score (nSPS) is 10.7. The summed E-state index contributed by atoms with van der Waals surface area (Å²) >= 11 is 0. The fourth-order valence-corrected chi connectivity index (χ4v) is 2.96. The lowest BCUT2D eigenvalue weighted by Crippen LogP contribution is -2.21. The summed E-state index contributed by atoms with van der Waals surface area (Å²) in [6.45, 7) is 6.15. The van der Waals surface area contributed by atoms with Crippen molar-refractivity contribution in [1.82, 2.24) is 9.97 Å². The molecule has 0 spiro atoms. The van der Waals surface area contributed by atoms with Crippen molar-refractivity contribution in [2.24, 2.45) is 5.10 Å². The Morgan fingerprint density at radius 3 is 2.45 bits per heavy atom. The first kappa shape index (κ1) is 19.8. The third kappa shape index (κ3) is 4.68. The summed E-state index contributed by atoms with van der Waals surface area (Å²) in [4.78, 5) is 21.4. The number of benzene rings is 2. The second-order valence-electron chi connectivity index (χ2n) is 6.25. The molecule has 0 saturated carbocycles. The first-order valence-electron chi connectivity index (χ1n) is 9.40. The molecule has 0 fully saturated rings. The van der Waals surface area contributed by atoms with Crippen molar-refractivity contribution < 1.29 is 0 Å². The topological polar surface area (TPSA) is 97.2 Å². The number of nitrogens with zero attached hydrogens (tertiary/aromatic N) is 4. The first-order chi connectivity index (χ1) is 14.2. The lowest BCUT2D eigenvalue weighted by Gasteiger charge is -2.20. The van der Waals surface area contributed by atoms with Crippen LogP contribution in [0.2, 0.25) is 0 Å². The van der Waals surface area contributed by atoms with E-state index in [9.17, 15) is 10.1 Å². The number of rotatable bonds is 7. The molecule has 0 atom stereocenters. The first-order valence-corrected chi connectivity index (χ1v) is 9.40. The Balaban J connectivity index is 1.80. The van der Waals surface area contributed by atoms with Gasteiger partial charge in [0, 0.05) is 24.3 Å². The molecule has 7 heteroatoms. The summed E-state index contributed by atoms with van der Waals surface area (Å²) in [5.41, 5.74) is 5.27. The summed E-state index contributed by atoms with van der Waals surface area (Å²) in [7, 11) is 0. The molecule has 29 heavy (non-hydrogen) atoms. The monoisotopic (exact) mass is 386 g/mol. The summed E-state index contributed by atoms with van der Waals surface area (Å²) in [6.07, 6.45) is 1.65. The Labute approximate surface area is 169 Å². The van der Waals surface area contributed by atoms with Crippen molar-refractivity contribution in [2.75, 3.05) is 23.4 Å². The lowest BCUT2D eigenvalue weighted by molar-refractivity contribution is 0.866. The predicted octanol–water partition coefficient (Wildman–Crippen LogP) is 3.60. The van der Waals surface area contributed by atoms with Crippen LogP contribution in [-0.2, 0) is 0 Å². The van der Waals surface area contributed by atoms with Crippen LogP contribution in [-0.4, -0.2) is 29.3 Å². The summed E-state index contributed by atoms with van der Waals surface area (Å²) in [6, 6.07) is 19.1. The van der Waals surface area contributed by atoms with Gasteiger partial charge in [-0.2, -0.15) is 10.4 Å². The van der Waals surface area contributed by atoms with E-state index in [0.717, 1.165) is 24.3 Å². The van der Waals surface area contributed by atoms with Crippen LogP contribution in [0.4, 0.5) is 11.6 Å². The van der Waals surface area contributed by atoms with Crippen LogP contribution in [0, 0.1) is 11.3 Å². The van der Waals surface area contributed by atoms with E-state index in [2.05, 4.69) is 39.2 Å². The van der Waals surface area contributed by atoms with Gasteiger partial charge in [0.2, 0.25) is 5.95 Å². The molecular weight excluding hydrogens is 364 g/mol. The maximum atomic E-state index is 12.2.